The van der Waals surface area contributed by atoms with E-state index in [1.807, 2.05) is 0 Å². The quantitative estimate of drug-likeness (QED) is 0.596. The van der Waals surface area contributed by atoms with Crippen molar-refractivity contribution in [3.05, 3.63) is 59.4 Å². The van der Waals surface area contributed by atoms with Gasteiger partial charge < -0.3 is 14.8 Å². The molecule has 6 nitrogen and oxygen atoms in total. The molecule has 27 heavy (non-hydrogen) atoms. The number of benzene rings is 2. The van der Waals surface area contributed by atoms with E-state index in [1.165, 1.54) is 39.2 Å². The highest BCUT2D eigenvalue weighted by Gasteiger charge is 2.20. The first-order valence-electron chi connectivity index (χ1n) is 8.24. The molecule has 1 amide bonds. The minimum atomic E-state index is -1.08. The Morgan fingerprint density at radius 2 is 1.85 bits per heavy atom. The van der Waals surface area contributed by atoms with E-state index < -0.39 is 23.8 Å². The van der Waals surface area contributed by atoms with E-state index in [9.17, 15) is 18.8 Å². The summed E-state index contributed by atoms with van der Waals surface area (Å²) in [5.74, 6) is -1.96. The molecule has 0 saturated heterocycles. The average Bonchev–Trinajstić information content (AvgIpc) is 2.62. The van der Waals surface area contributed by atoms with Crippen molar-refractivity contribution in [3.63, 3.8) is 0 Å². The van der Waals surface area contributed by atoms with Crippen molar-refractivity contribution in [3.8, 4) is 5.75 Å². The Kier molecular flexibility index (Phi) is 6.65. The fourth-order valence-electron chi connectivity index (χ4n) is 2.41. The molecule has 2 rings (SSSR count). The van der Waals surface area contributed by atoms with Gasteiger partial charge in [0, 0.05) is 5.56 Å². The molecule has 0 radical (unpaired) electrons. The van der Waals surface area contributed by atoms with Crippen molar-refractivity contribution in [1.82, 2.24) is 0 Å². The van der Waals surface area contributed by atoms with E-state index in [0.29, 0.717) is 16.8 Å². The number of amides is 1. The summed E-state index contributed by atoms with van der Waals surface area (Å²) >= 11 is 0. The van der Waals surface area contributed by atoms with Crippen LogP contribution in [0.1, 0.15) is 29.8 Å². The van der Waals surface area contributed by atoms with Gasteiger partial charge in [-0.2, -0.15) is 0 Å². The van der Waals surface area contributed by atoms with Crippen LogP contribution in [0, 0.1) is 5.82 Å². The zero-order valence-corrected chi connectivity index (χ0v) is 15.2. The van der Waals surface area contributed by atoms with E-state index in [0.717, 1.165) is 0 Å². The summed E-state index contributed by atoms with van der Waals surface area (Å²) in [7, 11) is 1.34. The first kappa shape index (κ1) is 20.1. The minimum absolute atomic E-state index is 0.0731. The summed E-state index contributed by atoms with van der Waals surface area (Å²) < 4.78 is 23.6. The minimum Gasteiger partial charge on any atom is -0.494 e. The first-order valence-corrected chi connectivity index (χ1v) is 8.24. The van der Waals surface area contributed by atoms with E-state index in [4.69, 9.17) is 9.47 Å². The molecular formula is C20H20FNO5. The number of hydrogen-bond donors (Lipinski definition) is 1. The normalized spacial score (nSPS) is 11.4. The summed E-state index contributed by atoms with van der Waals surface area (Å²) in [4.78, 5) is 35.8. The van der Waals surface area contributed by atoms with Gasteiger partial charge in [-0.3, -0.25) is 14.4 Å². The lowest BCUT2D eigenvalue weighted by Crippen LogP contribution is -2.31. The van der Waals surface area contributed by atoms with Crippen molar-refractivity contribution < 1.29 is 28.2 Å². The van der Waals surface area contributed by atoms with Gasteiger partial charge in [0.2, 0.25) is 0 Å². The lowest BCUT2D eigenvalue weighted by molar-refractivity contribution is -0.152. The van der Waals surface area contributed by atoms with Crippen LogP contribution in [0.5, 0.6) is 5.75 Å². The standard InChI is InChI=1S/C20H20FNO5/c1-12(23)15-6-4-5-7-17(15)22-20(25)13(2)27-19(24)11-14-8-9-18(26-3)16(21)10-14/h4-10,13H,11H2,1-3H3,(H,22,25)/t13-/m0/s1. The highest BCUT2D eigenvalue weighted by molar-refractivity contribution is 6.04. The number of methoxy groups -OCH3 is 1. The van der Waals surface area contributed by atoms with Crippen molar-refractivity contribution >= 4 is 23.3 Å². The van der Waals surface area contributed by atoms with Crippen molar-refractivity contribution in [2.24, 2.45) is 0 Å². The Bertz CT molecular complexity index is 865. The number of carbonyl (C=O) groups is 3. The number of nitrogens with one attached hydrogen (secondary N) is 1. The summed E-state index contributed by atoms with van der Waals surface area (Å²) in [6, 6.07) is 10.7. The second-order valence-electron chi connectivity index (χ2n) is 5.87. The van der Waals surface area contributed by atoms with Gasteiger partial charge in [-0.25, -0.2) is 4.39 Å². The van der Waals surface area contributed by atoms with E-state index in [-0.39, 0.29) is 18.0 Å². The number of ketones is 1. The Morgan fingerprint density at radius 1 is 1.15 bits per heavy atom. The van der Waals surface area contributed by atoms with Crippen LogP contribution in [0.2, 0.25) is 0 Å². The molecule has 0 aliphatic heterocycles. The molecule has 0 aromatic heterocycles. The third-order valence-electron chi connectivity index (χ3n) is 3.81. The number of halogens is 1. The fourth-order valence-corrected chi connectivity index (χ4v) is 2.41. The van der Waals surface area contributed by atoms with Crippen molar-refractivity contribution in [2.45, 2.75) is 26.4 Å². The molecule has 1 atom stereocenters. The van der Waals surface area contributed by atoms with Crippen LogP contribution >= 0.6 is 0 Å². The molecule has 7 heteroatoms. The maximum absolute atomic E-state index is 13.7. The second kappa shape index (κ2) is 8.93. The number of Topliss-reactive ketones (excluding diaryl/α,β-unsaturated/α-hetero) is 1. The molecule has 0 aliphatic rings. The molecule has 0 saturated carbocycles. The van der Waals surface area contributed by atoms with Gasteiger partial charge in [0.1, 0.15) is 0 Å². The number of carbonyl (C=O) groups excluding carboxylic acids is 3. The van der Waals surface area contributed by atoms with Gasteiger partial charge in [0.25, 0.3) is 5.91 Å². The SMILES string of the molecule is COc1ccc(CC(=O)O[C@@H](C)C(=O)Nc2ccccc2C(C)=O)cc1F. The molecule has 0 spiro atoms. The topological polar surface area (TPSA) is 81.7 Å². The van der Waals surface area contributed by atoms with Crippen LogP contribution in [0.15, 0.2) is 42.5 Å². The van der Waals surface area contributed by atoms with E-state index in [1.54, 1.807) is 24.3 Å². The van der Waals surface area contributed by atoms with E-state index >= 15 is 0 Å². The number of ether oxygens (including phenoxy) is 2. The largest absolute Gasteiger partial charge is 0.494 e. The summed E-state index contributed by atoms with van der Waals surface area (Å²) in [6.45, 7) is 2.81. The van der Waals surface area contributed by atoms with E-state index in [2.05, 4.69) is 5.32 Å². The van der Waals surface area contributed by atoms with Gasteiger partial charge >= 0.3 is 5.97 Å². The number of esters is 1. The smallest absolute Gasteiger partial charge is 0.311 e. The van der Waals surface area contributed by atoms with Crippen LogP contribution in [0.25, 0.3) is 0 Å². The lowest BCUT2D eigenvalue weighted by atomic mass is 10.1. The molecule has 0 unspecified atom stereocenters. The van der Waals surface area contributed by atoms with Crippen LogP contribution in [0.4, 0.5) is 10.1 Å². The van der Waals surface area contributed by atoms with Crippen molar-refractivity contribution in [1.29, 1.82) is 0 Å². The van der Waals surface area contributed by atoms with Gasteiger partial charge in [-0.15, -0.1) is 0 Å². The maximum Gasteiger partial charge on any atom is 0.311 e. The van der Waals surface area contributed by atoms with Gasteiger partial charge in [-0.1, -0.05) is 18.2 Å². The molecule has 1 N–H and O–H groups in total. The highest BCUT2D eigenvalue weighted by atomic mass is 19.1. The number of para-hydroxylation sites is 1. The Morgan fingerprint density at radius 3 is 2.48 bits per heavy atom. The van der Waals surface area contributed by atoms with Crippen LogP contribution < -0.4 is 10.1 Å². The molecule has 0 aliphatic carbocycles. The predicted molar refractivity (Wildman–Crippen MR) is 97.3 cm³/mol. The Hall–Kier alpha value is -3.22. The second-order valence-corrected chi connectivity index (χ2v) is 5.87. The maximum atomic E-state index is 13.7. The Balaban J connectivity index is 1.97. The van der Waals surface area contributed by atoms with Gasteiger partial charge in [0.05, 0.1) is 19.2 Å². The predicted octanol–water partition coefficient (Wildman–Crippen LogP) is 3.15. The molecule has 0 fully saturated rings. The van der Waals surface area contributed by atoms with Gasteiger partial charge in [0.15, 0.2) is 23.5 Å². The van der Waals surface area contributed by atoms with Crippen LogP contribution in [-0.2, 0) is 20.7 Å². The van der Waals surface area contributed by atoms with Crippen LogP contribution in [0.3, 0.4) is 0 Å². The zero-order valence-electron chi connectivity index (χ0n) is 15.2. The van der Waals surface area contributed by atoms with Crippen molar-refractivity contribution in [2.75, 3.05) is 12.4 Å². The Labute approximate surface area is 156 Å². The molecule has 0 heterocycles. The third-order valence-corrected chi connectivity index (χ3v) is 3.81. The molecular weight excluding hydrogens is 353 g/mol. The molecule has 2 aromatic rings. The number of hydrogen-bond acceptors (Lipinski definition) is 5. The molecule has 2 aromatic carbocycles. The summed E-state index contributed by atoms with van der Waals surface area (Å²) in [5.41, 5.74) is 1.10. The molecule has 142 valence electrons. The molecule has 0 bridgehead atoms. The number of anilines is 1. The monoisotopic (exact) mass is 373 g/mol. The average molecular weight is 373 g/mol. The summed E-state index contributed by atoms with van der Waals surface area (Å²) in [6.07, 6.45) is -1.27. The lowest BCUT2D eigenvalue weighted by Gasteiger charge is -2.15. The van der Waals surface area contributed by atoms with Crippen LogP contribution in [-0.4, -0.2) is 30.9 Å². The first-order chi connectivity index (χ1) is 12.8. The fraction of sp³-hybridized carbons (Fsp3) is 0.250. The highest BCUT2D eigenvalue weighted by Crippen LogP contribution is 2.19. The third kappa shape index (κ3) is 5.37. The van der Waals surface area contributed by atoms with Gasteiger partial charge in [-0.05, 0) is 43.7 Å². The summed E-state index contributed by atoms with van der Waals surface area (Å²) in [5, 5.41) is 2.57. The zero-order chi connectivity index (χ0) is 20.0. The number of rotatable bonds is 7.